The van der Waals surface area contributed by atoms with E-state index in [9.17, 15) is 9.59 Å². The molecule has 3 heterocycles. The van der Waals surface area contributed by atoms with E-state index in [1.807, 2.05) is 29.9 Å². The molecule has 33 heavy (non-hydrogen) atoms. The molecule has 170 valence electrons. The van der Waals surface area contributed by atoms with Crippen LogP contribution < -0.4 is 19.3 Å². The summed E-state index contributed by atoms with van der Waals surface area (Å²) in [6.07, 6.45) is 5.46. The minimum Gasteiger partial charge on any atom is -0.497 e. The van der Waals surface area contributed by atoms with Crippen molar-refractivity contribution in [3.8, 4) is 22.8 Å². The van der Waals surface area contributed by atoms with E-state index < -0.39 is 6.09 Å². The standard InChI is InChI=1S/C24H25N5O4/c1-15-13-27(24(31)33-20-8-6-19(32-3)7-9-20)23-22(29(15)16(2)30)11-10-21(26-23)17-12-25-28(14-17)18-4-5-18/h6-12,14-15,18H,4-5,13H2,1-3H3/t15-/m0/s1. The van der Waals surface area contributed by atoms with Crippen LogP contribution in [-0.4, -0.2) is 46.5 Å². The molecule has 9 heteroatoms. The van der Waals surface area contributed by atoms with Crippen molar-refractivity contribution in [2.45, 2.75) is 38.8 Å². The zero-order valence-electron chi connectivity index (χ0n) is 18.8. The molecule has 0 bridgehead atoms. The van der Waals surface area contributed by atoms with Gasteiger partial charge in [-0.05, 0) is 56.2 Å². The van der Waals surface area contributed by atoms with Crippen molar-refractivity contribution in [2.24, 2.45) is 0 Å². The second-order valence-corrected chi connectivity index (χ2v) is 8.37. The van der Waals surface area contributed by atoms with Gasteiger partial charge in [0, 0.05) is 18.7 Å². The largest absolute Gasteiger partial charge is 0.497 e. The maximum Gasteiger partial charge on any atom is 0.421 e. The molecule has 5 rings (SSSR count). The Bertz CT molecular complexity index is 1200. The molecule has 0 N–H and O–H groups in total. The van der Waals surface area contributed by atoms with Crippen LogP contribution >= 0.6 is 0 Å². The van der Waals surface area contributed by atoms with Crippen LogP contribution in [-0.2, 0) is 4.79 Å². The molecule has 9 nitrogen and oxygen atoms in total. The van der Waals surface area contributed by atoms with Crippen LogP contribution in [0.5, 0.6) is 11.5 Å². The van der Waals surface area contributed by atoms with Gasteiger partial charge in [0.1, 0.15) is 11.5 Å². The highest BCUT2D eigenvalue weighted by atomic mass is 16.6. The van der Waals surface area contributed by atoms with Gasteiger partial charge >= 0.3 is 6.09 Å². The lowest BCUT2D eigenvalue weighted by molar-refractivity contribution is -0.117. The fourth-order valence-electron chi connectivity index (χ4n) is 4.11. The molecular weight excluding hydrogens is 422 g/mol. The number of pyridine rings is 1. The third kappa shape index (κ3) is 4.02. The molecule has 1 saturated carbocycles. The Morgan fingerprint density at radius 1 is 1.06 bits per heavy atom. The summed E-state index contributed by atoms with van der Waals surface area (Å²) in [4.78, 5) is 33.5. The summed E-state index contributed by atoms with van der Waals surface area (Å²) in [5, 5.41) is 4.44. The van der Waals surface area contributed by atoms with Gasteiger partial charge in [0.05, 0.1) is 43.3 Å². The Morgan fingerprint density at radius 3 is 2.45 bits per heavy atom. The summed E-state index contributed by atoms with van der Waals surface area (Å²) in [5.41, 5.74) is 2.12. The zero-order chi connectivity index (χ0) is 23.1. The molecule has 2 aliphatic rings. The number of carbonyl (C=O) groups excluding carboxylic acids is 2. The number of nitrogens with zero attached hydrogens (tertiary/aromatic N) is 5. The van der Waals surface area contributed by atoms with Gasteiger partial charge in [0.2, 0.25) is 5.91 Å². The van der Waals surface area contributed by atoms with Crippen LogP contribution in [0.4, 0.5) is 16.3 Å². The SMILES string of the molecule is COc1ccc(OC(=O)N2C[C@H](C)N(C(C)=O)c3ccc(-c4cnn(C5CC5)c4)nc32)cc1. The van der Waals surface area contributed by atoms with Gasteiger partial charge in [-0.2, -0.15) is 5.10 Å². The van der Waals surface area contributed by atoms with Gasteiger partial charge in [0.15, 0.2) is 5.82 Å². The number of hydrogen-bond donors (Lipinski definition) is 0. The van der Waals surface area contributed by atoms with E-state index in [-0.39, 0.29) is 18.5 Å². The fourth-order valence-corrected chi connectivity index (χ4v) is 4.11. The van der Waals surface area contributed by atoms with E-state index in [2.05, 4.69) is 5.10 Å². The molecule has 2 aromatic heterocycles. The van der Waals surface area contributed by atoms with Crippen molar-refractivity contribution >= 4 is 23.5 Å². The van der Waals surface area contributed by atoms with Crippen LogP contribution in [0.2, 0.25) is 0 Å². The maximum atomic E-state index is 13.2. The summed E-state index contributed by atoms with van der Waals surface area (Å²) in [5.74, 6) is 1.34. The molecule has 1 aromatic carbocycles. The van der Waals surface area contributed by atoms with E-state index in [4.69, 9.17) is 14.5 Å². The number of ether oxygens (including phenoxy) is 2. The fraction of sp³-hybridized carbons (Fsp3) is 0.333. The van der Waals surface area contributed by atoms with Crippen molar-refractivity contribution in [3.63, 3.8) is 0 Å². The third-order valence-corrected chi connectivity index (χ3v) is 5.90. The van der Waals surface area contributed by atoms with Crippen LogP contribution in [0.3, 0.4) is 0 Å². The van der Waals surface area contributed by atoms with Crippen molar-refractivity contribution in [3.05, 3.63) is 48.8 Å². The van der Waals surface area contributed by atoms with E-state index in [1.54, 1.807) is 42.5 Å². The summed E-state index contributed by atoms with van der Waals surface area (Å²) < 4.78 is 12.7. The first kappa shape index (κ1) is 21.0. The second kappa shape index (κ2) is 8.23. The van der Waals surface area contributed by atoms with Gasteiger partial charge in [-0.15, -0.1) is 0 Å². The quantitative estimate of drug-likeness (QED) is 0.599. The number of amides is 2. The molecule has 1 aliphatic heterocycles. The van der Waals surface area contributed by atoms with Crippen LogP contribution in [0.15, 0.2) is 48.8 Å². The zero-order valence-corrected chi connectivity index (χ0v) is 18.8. The topological polar surface area (TPSA) is 89.8 Å². The summed E-state index contributed by atoms with van der Waals surface area (Å²) in [6.45, 7) is 3.67. The molecule has 0 spiro atoms. The Balaban J connectivity index is 1.49. The van der Waals surface area contributed by atoms with E-state index in [0.29, 0.717) is 34.7 Å². The molecular formula is C24H25N5O4. The molecule has 1 fully saturated rings. The lowest BCUT2D eigenvalue weighted by atomic mass is 10.1. The average Bonchev–Trinajstić information content (AvgIpc) is 3.54. The van der Waals surface area contributed by atoms with E-state index in [1.165, 1.54) is 11.8 Å². The molecule has 2 amide bonds. The van der Waals surface area contributed by atoms with Gasteiger partial charge in [-0.3, -0.25) is 14.4 Å². The van der Waals surface area contributed by atoms with Crippen LogP contribution in [0.25, 0.3) is 11.3 Å². The highest BCUT2D eigenvalue weighted by molar-refractivity contribution is 6.01. The maximum absolute atomic E-state index is 13.2. The van der Waals surface area contributed by atoms with Gasteiger partial charge in [-0.25, -0.2) is 9.78 Å². The van der Waals surface area contributed by atoms with Crippen molar-refractivity contribution in [2.75, 3.05) is 23.5 Å². The number of hydrogen-bond acceptors (Lipinski definition) is 6. The van der Waals surface area contributed by atoms with Crippen molar-refractivity contribution < 1.29 is 19.1 Å². The minimum atomic E-state index is -0.560. The third-order valence-electron chi connectivity index (χ3n) is 5.90. The number of rotatable bonds is 4. The highest BCUT2D eigenvalue weighted by Gasteiger charge is 2.36. The van der Waals surface area contributed by atoms with Crippen molar-refractivity contribution in [1.29, 1.82) is 0 Å². The number of aromatic nitrogens is 3. The first-order valence-corrected chi connectivity index (χ1v) is 10.9. The lowest BCUT2D eigenvalue weighted by Gasteiger charge is -2.39. The number of benzene rings is 1. The molecule has 0 saturated heterocycles. The average molecular weight is 447 g/mol. The van der Waals surface area contributed by atoms with Crippen LogP contribution in [0.1, 0.15) is 32.7 Å². The monoisotopic (exact) mass is 447 g/mol. The lowest BCUT2D eigenvalue weighted by Crippen LogP contribution is -2.52. The van der Waals surface area contributed by atoms with Crippen molar-refractivity contribution in [1.82, 2.24) is 14.8 Å². The predicted octanol–water partition coefficient (Wildman–Crippen LogP) is 4.05. The van der Waals surface area contributed by atoms with E-state index >= 15 is 0 Å². The number of fused-ring (bicyclic) bond motifs is 1. The highest BCUT2D eigenvalue weighted by Crippen LogP contribution is 2.38. The second-order valence-electron chi connectivity index (χ2n) is 8.37. The Kier molecular flexibility index (Phi) is 5.24. The molecule has 0 radical (unpaired) electrons. The molecule has 3 aromatic rings. The number of carbonyl (C=O) groups is 2. The number of anilines is 2. The Morgan fingerprint density at radius 2 is 1.79 bits per heavy atom. The molecule has 0 unspecified atom stereocenters. The Hall–Kier alpha value is -3.88. The summed E-state index contributed by atoms with van der Waals surface area (Å²) in [6, 6.07) is 10.7. The smallest absolute Gasteiger partial charge is 0.421 e. The van der Waals surface area contributed by atoms with Crippen LogP contribution in [0, 0.1) is 0 Å². The Labute approximate surface area is 191 Å². The van der Waals surface area contributed by atoms with Gasteiger partial charge in [-0.1, -0.05) is 0 Å². The minimum absolute atomic E-state index is 0.108. The summed E-state index contributed by atoms with van der Waals surface area (Å²) >= 11 is 0. The molecule has 1 atom stereocenters. The predicted molar refractivity (Wildman–Crippen MR) is 123 cm³/mol. The van der Waals surface area contributed by atoms with Gasteiger partial charge < -0.3 is 14.4 Å². The normalized spacial score (nSPS) is 17.5. The van der Waals surface area contributed by atoms with Gasteiger partial charge in [0.25, 0.3) is 0 Å². The molecule has 1 aliphatic carbocycles. The number of methoxy groups -OCH3 is 1. The summed E-state index contributed by atoms with van der Waals surface area (Å²) in [7, 11) is 1.57. The first-order chi connectivity index (χ1) is 15.9. The first-order valence-electron chi connectivity index (χ1n) is 10.9. The van der Waals surface area contributed by atoms with E-state index in [0.717, 1.165) is 18.4 Å².